The third-order valence-electron chi connectivity index (χ3n) is 8.47. The van der Waals surface area contributed by atoms with Gasteiger partial charge in [0, 0.05) is 62.5 Å². The maximum absolute atomic E-state index is 13.9. The molecule has 2 aromatic carbocycles. The molecule has 1 aliphatic carbocycles. The van der Waals surface area contributed by atoms with Crippen LogP contribution in [-0.2, 0) is 32.9 Å². The van der Waals surface area contributed by atoms with Crippen LogP contribution in [0.15, 0.2) is 82.6 Å². The summed E-state index contributed by atoms with van der Waals surface area (Å²) in [5.74, 6) is 1.21. The smallest absolute Gasteiger partial charge is 0.243 e. The van der Waals surface area contributed by atoms with Crippen LogP contribution in [0.3, 0.4) is 0 Å². The van der Waals surface area contributed by atoms with E-state index in [-0.39, 0.29) is 36.0 Å². The number of ether oxygens (including phenoxy) is 1. The average Bonchev–Trinajstić information content (AvgIpc) is 3.00. The summed E-state index contributed by atoms with van der Waals surface area (Å²) in [6.07, 6.45) is 6.81. The van der Waals surface area contributed by atoms with Crippen LogP contribution < -0.4 is 4.74 Å². The standard InChI is InChI=1S/C34H43N3O5S2/c1-26-9-13-33(14-10-26)43(38,39)36-19-17-30-21-32(42-25-29-7-5-4-6-8-29)22-31(35-30)18-20-37(24-28(3)23-36)44(40,41)34-15-11-27(2)12-16-34/h9-16,21-22,29H,3-8,17-20,23-25H2,1-2H3. The van der Waals surface area contributed by atoms with Crippen LogP contribution in [0, 0.1) is 19.8 Å². The van der Waals surface area contributed by atoms with Gasteiger partial charge in [-0.15, -0.1) is 0 Å². The van der Waals surface area contributed by atoms with Crippen molar-refractivity contribution in [1.29, 1.82) is 0 Å². The van der Waals surface area contributed by atoms with E-state index >= 15 is 0 Å². The minimum absolute atomic E-state index is 0.0130. The number of benzene rings is 2. The van der Waals surface area contributed by atoms with Crippen LogP contribution in [0.25, 0.3) is 0 Å². The molecular formula is C34H43N3O5S2. The van der Waals surface area contributed by atoms with Gasteiger partial charge >= 0.3 is 0 Å². The molecule has 0 amide bonds. The second-order valence-electron chi connectivity index (χ2n) is 12.2. The predicted molar refractivity (Wildman–Crippen MR) is 173 cm³/mol. The number of nitrogens with zero attached hydrogens (tertiary/aromatic N) is 3. The summed E-state index contributed by atoms with van der Waals surface area (Å²) in [6, 6.07) is 17.3. The second kappa shape index (κ2) is 13.9. The molecule has 0 unspecified atom stereocenters. The highest BCUT2D eigenvalue weighted by Gasteiger charge is 2.29. The lowest BCUT2D eigenvalue weighted by Gasteiger charge is -2.28. The lowest BCUT2D eigenvalue weighted by molar-refractivity contribution is 0.208. The van der Waals surface area contributed by atoms with Crippen molar-refractivity contribution in [2.75, 3.05) is 32.8 Å². The fraction of sp³-hybridized carbons (Fsp3) is 0.441. The topological polar surface area (TPSA) is 96.9 Å². The quantitative estimate of drug-likeness (QED) is 0.309. The van der Waals surface area contributed by atoms with Crippen molar-refractivity contribution in [3.05, 3.63) is 95.3 Å². The first-order valence-corrected chi connectivity index (χ1v) is 18.3. The summed E-state index contributed by atoms with van der Waals surface area (Å²) in [5.41, 5.74) is 3.83. The molecule has 236 valence electrons. The zero-order chi connectivity index (χ0) is 31.3. The molecule has 1 aromatic heterocycles. The number of rotatable bonds is 7. The van der Waals surface area contributed by atoms with E-state index < -0.39 is 20.0 Å². The van der Waals surface area contributed by atoms with Gasteiger partial charge in [0.15, 0.2) is 0 Å². The lowest BCUT2D eigenvalue weighted by Crippen LogP contribution is -2.40. The van der Waals surface area contributed by atoms with E-state index in [4.69, 9.17) is 9.72 Å². The molecule has 8 nitrogen and oxygen atoms in total. The van der Waals surface area contributed by atoms with Gasteiger partial charge in [0.25, 0.3) is 0 Å². The third kappa shape index (κ3) is 7.96. The number of hydrogen-bond donors (Lipinski definition) is 0. The fourth-order valence-corrected chi connectivity index (χ4v) is 8.77. The monoisotopic (exact) mass is 637 g/mol. The van der Waals surface area contributed by atoms with Gasteiger partial charge in [0.05, 0.1) is 16.4 Å². The van der Waals surface area contributed by atoms with Crippen molar-refractivity contribution in [2.24, 2.45) is 5.92 Å². The second-order valence-corrected chi connectivity index (χ2v) is 16.0. The largest absolute Gasteiger partial charge is 0.493 e. The highest BCUT2D eigenvalue weighted by atomic mass is 32.2. The van der Waals surface area contributed by atoms with E-state index in [0.29, 0.717) is 48.1 Å². The van der Waals surface area contributed by atoms with Crippen LogP contribution in [-0.4, -0.2) is 63.2 Å². The van der Waals surface area contributed by atoms with Gasteiger partial charge in [0.2, 0.25) is 20.0 Å². The molecule has 0 N–H and O–H groups in total. The minimum Gasteiger partial charge on any atom is -0.493 e. The van der Waals surface area contributed by atoms with Crippen molar-refractivity contribution in [3.8, 4) is 5.75 Å². The molecule has 5 rings (SSSR count). The normalized spacial score (nSPS) is 18.4. The molecule has 1 saturated carbocycles. The number of pyridine rings is 1. The van der Waals surface area contributed by atoms with Crippen LogP contribution >= 0.6 is 0 Å². The molecule has 0 atom stereocenters. The van der Waals surface area contributed by atoms with Crippen molar-refractivity contribution in [2.45, 2.75) is 68.6 Å². The maximum Gasteiger partial charge on any atom is 0.243 e. The summed E-state index contributed by atoms with van der Waals surface area (Å²) >= 11 is 0. The van der Waals surface area contributed by atoms with Gasteiger partial charge in [-0.05, 0) is 62.4 Å². The number of hydrogen-bond acceptors (Lipinski definition) is 6. The molecule has 2 bridgehead atoms. The Morgan fingerprint density at radius 2 is 1.20 bits per heavy atom. The molecule has 0 radical (unpaired) electrons. The van der Waals surface area contributed by atoms with Gasteiger partial charge in [-0.2, -0.15) is 8.61 Å². The van der Waals surface area contributed by atoms with Gasteiger partial charge in [-0.3, -0.25) is 4.98 Å². The molecule has 3 aromatic rings. The van der Waals surface area contributed by atoms with Crippen molar-refractivity contribution < 1.29 is 21.6 Å². The zero-order valence-electron chi connectivity index (χ0n) is 25.7. The summed E-state index contributed by atoms with van der Waals surface area (Å²) in [5, 5.41) is 0. The van der Waals surface area contributed by atoms with E-state index in [9.17, 15) is 16.8 Å². The Hall–Kier alpha value is -3.05. The molecule has 0 saturated heterocycles. The first-order valence-electron chi connectivity index (χ1n) is 15.4. The molecule has 0 spiro atoms. The Bertz CT molecular complexity index is 1550. The summed E-state index contributed by atoms with van der Waals surface area (Å²) in [6.45, 7) is 8.90. The Morgan fingerprint density at radius 1 is 0.750 bits per heavy atom. The highest BCUT2D eigenvalue weighted by Crippen LogP contribution is 2.27. The zero-order valence-corrected chi connectivity index (χ0v) is 27.4. The Labute approximate surface area is 262 Å². The summed E-state index contributed by atoms with van der Waals surface area (Å²) in [7, 11) is -7.79. The average molecular weight is 638 g/mol. The lowest BCUT2D eigenvalue weighted by atomic mass is 9.90. The molecular weight excluding hydrogens is 595 g/mol. The van der Waals surface area contributed by atoms with E-state index in [2.05, 4.69) is 6.58 Å². The summed E-state index contributed by atoms with van der Waals surface area (Å²) < 4.78 is 64.5. The summed E-state index contributed by atoms with van der Waals surface area (Å²) in [4.78, 5) is 5.21. The molecule has 2 heterocycles. The predicted octanol–water partition coefficient (Wildman–Crippen LogP) is 5.69. The van der Waals surface area contributed by atoms with Crippen LogP contribution in [0.4, 0.5) is 0 Å². The van der Waals surface area contributed by atoms with Gasteiger partial charge < -0.3 is 4.74 Å². The maximum atomic E-state index is 13.9. The number of fused-ring (bicyclic) bond motifs is 2. The van der Waals surface area contributed by atoms with Crippen LogP contribution in [0.1, 0.15) is 54.6 Å². The fourth-order valence-electron chi connectivity index (χ4n) is 5.84. The van der Waals surface area contributed by atoms with Crippen LogP contribution in [0.5, 0.6) is 5.75 Å². The van der Waals surface area contributed by atoms with Crippen LogP contribution in [0.2, 0.25) is 0 Å². The third-order valence-corrected chi connectivity index (χ3v) is 12.2. The number of aryl methyl sites for hydroxylation is 2. The van der Waals surface area contributed by atoms with E-state index in [0.717, 1.165) is 24.0 Å². The molecule has 1 fully saturated rings. The first kappa shape index (κ1) is 32.3. The molecule has 2 aliphatic rings. The van der Waals surface area contributed by atoms with Crippen molar-refractivity contribution in [1.82, 2.24) is 13.6 Å². The molecule has 1 aliphatic heterocycles. The van der Waals surface area contributed by atoms with E-state index in [1.54, 1.807) is 48.5 Å². The van der Waals surface area contributed by atoms with Crippen molar-refractivity contribution in [3.63, 3.8) is 0 Å². The van der Waals surface area contributed by atoms with E-state index in [1.807, 2.05) is 26.0 Å². The highest BCUT2D eigenvalue weighted by molar-refractivity contribution is 7.89. The van der Waals surface area contributed by atoms with Gasteiger partial charge in [-0.1, -0.05) is 61.2 Å². The van der Waals surface area contributed by atoms with Crippen molar-refractivity contribution >= 4 is 20.0 Å². The minimum atomic E-state index is -3.89. The Kier molecular flexibility index (Phi) is 10.2. The number of sulfonamides is 2. The molecule has 44 heavy (non-hydrogen) atoms. The van der Waals surface area contributed by atoms with Gasteiger partial charge in [0.1, 0.15) is 5.75 Å². The molecule has 10 heteroatoms. The number of aromatic nitrogens is 1. The van der Waals surface area contributed by atoms with Gasteiger partial charge in [-0.25, -0.2) is 16.8 Å². The Balaban J connectivity index is 1.48. The Morgan fingerprint density at radius 3 is 1.66 bits per heavy atom. The first-order chi connectivity index (χ1) is 21.0. The SMILES string of the molecule is C=C1CN(S(=O)(=O)c2ccc(C)cc2)CCc2cc(OCC3CCCCC3)cc(n2)CCN(S(=O)(=O)c2ccc(C)cc2)C1. The van der Waals surface area contributed by atoms with E-state index in [1.165, 1.54) is 27.9 Å².